The molecule has 3 N–H and O–H groups in total. The van der Waals surface area contributed by atoms with Gasteiger partial charge in [0.25, 0.3) is 0 Å². The molecule has 0 aromatic heterocycles. The second-order valence-electron chi connectivity index (χ2n) is 4.17. The molecule has 0 spiro atoms. The Balaban J connectivity index is 2.51. The zero-order chi connectivity index (χ0) is 12.5. The average molecular weight is 230 g/mol. The van der Waals surface area contributed by atoms with Crippen molar-refractivity contribution in [2.45, 2.75) is 32.2 Å². The highest BCUT2D eigenvalue weighted by Gasteiger charge is 2.16. The molecule has 1 aromatic rings. The van der Waals surface area contributed by atoms with Gasteiger partial charge in [0.1, 0.15) is 0 Å². The van der Waals surface area contributed by atoms with Gasteiger partial charge >= 0.3 is 0 Å². The van der Waals surface area contributed by atoms with Gasteiger partial charge in [-0.1, -0.05) is 37.3 Å². The van der Waals surface area contributed by atoms with Crippen LogP contribution in [0.2, 0.25) is 0 Å². The zero-order valence-electron chi connectivity index (χ0n) is 10.7. The SMILES string of the molecule is CC#CCCNC(CN)C(C)c1ccccc1. The maximum atomic E-state index is 5.83. The van der Waals surface area contributed by atoms with E-state index in [1.54, 1.807) is 0 Å². The van der Waals surface area contributed by atoms with Crippen LogP contribution < -0.4 is 11.1 Å². The Hall–Kier alpha value is -1.30. The van der Waals surface area contributed by atoms with Crippen molar-refractivity contribution in [3.05, 3.63) is 35.9 Å². The molecule has 2 atom stereocenters. The Morgan fingerprint density at radius 3 is 2.59 bits per heavy atom. The second-order valence-corrected chi connectivity index (χ2v) is 4.17. The molecule has 0 aliphatic heterocycles. The Labute approximate surface area is 105 Å². The number of benzene rings is 1. The number of hydrogen-bond donors (Lipinski definition) is 2. The highest BCUT2D eigenvalue weighted by molar-refractivity contribution is 5.20. The van der Waals surface area contributed by atoms with E-state index >= 15 is 0 Å². The number of nitrogens with one attached hydrogen (secondary N) is 1. The molecule has 0 aliphatic rings. The molecule has 0 saturated carbocycles. The van der Waals surface area contributed by atoms with Gasteiger partial charge in [-0.25, -0.2) is 0 Å². The molecule has 0 bridgehead atoms. The lowest BCUT2D eigenvalue weighted by Crippen LogP contribution is -2.40. The number of rotatable bonds is 6. The van der Waals surface area contributed by atoms with E-state index in [1.807, 2.05) is 13.0 Å². The topological polar surface area (TPSA) is 38.0 Å². The van der Waals surface area contributed by atoms with Gasteiger partial charge in [0.15, 0.2) is 0 Å². The Kier molecular flexibility index (Phi) is 6.39. The smallest absolute Gasteiger partial charge is 0.0256 e. The molecule has 1 aromatic carbocycles. The lowest BCUT2D eigenvalue weighted by molar-refractivity contribution is 0.462. The predicted octanol–water partition coefficient (Wildman–Crippen LogP) is 2.12. The van der Waals surface area contributed by atoms with E-state index in [4.69, 9.17) is 5.73 Å². The number of nitrogens with two attached hydrogens (primary N) is 1. The van der Waals surface area contributed by atoms with Crippen molar-refractivity contribution in [3.63, 3.8) is 0 Å². The summed E-state index contributed by atoms with van der Waals surface area (Å²) < 4.78 is 0. The summed E-state index contributed by atoms with van der Waals surface area (Å²) in [4.78, 5) is 0. The summed E-state index contributed by atoms with van der Waals surface area (Å²) in [6.07, 6.45) is 0.883. The zero-order valence-corrected chi connectivity index (χ0v) is 10.7. The maximum Gasteiger partial charge on any atom is 0.0256 e. The van der Waals surface area contributed by atoms with E-state index in [0.717, 1.165) is 13.0 Å². The second kappa shape index (κ2) is 7.89. The van der Waals surface area contributed by atoms with Crippen LogP contribution in [0.1, 0.15) is 31.7 Å². The molecule has 0 amide bonds. The van der Waals surface area contributed by atoms with Gasteiger partial charge in [0.05, 0.1) is 0 Å². The first kappa shape index (κ1) is 13.8. The molecular formula is C15H22N2. The van der Waals surface area contributed by atoms with E-state index in [-0.39, 0.29) is 0 Å². The van der Waals surface area contributed by atoms with E-state index < -0.39 is 0 Å². The first-order chi connectivity index (χ1) is 8.29. The lowest BCUT2D eigenvalue weighted by atomic mass is 9.93. The van der Waals surface area contributed by atoms with Crippen LogP contribution in [0.4, 0.5) is 0 Å². The van der Waals surface area contributed by atoms with Crippen LogP contribution in [0, 0.1) is 11.8 Å². The minimum Gasteiger partial charge on any atom is -0.329 e. The molecule has 0 heterocycles. The fraction of sp³-hybridized carbons (Fsp3) is 0.467. The third kappa shape index (κ3) is 4.60. The monoisotopic (exact) mass is 230 g/mol. The van der Waals surface area contributed by atoms with Gasteiger partial charge < -0.3 is 11.1 Å². The van der Waals surface area contributed by atoms with E-state index in [1.165, 1.54) is 5.56 Å². The Bertz CT molecular complexity index is 362. The maximum absolute atomic E-state index is 5.83. The van der Waals surface area contributed by atoms with E-state index in [0.29, 0.717) is 18.5 Å². The Morgan fingerprint density at radius 1 is 1.29 bits per heavy atom. The predicted molar refractivity (Wildman–Crippen MR) is 73.8 cm³/mol. The van der Waals surface area contributed by atoms with Crippen LogP contribution in [0.5, 0.6) is 0 Å². The van der Waals surface area contributed by atoms with Crippen LogP contribution in [-0.2, 0) is 0 Å². The third-order valence-corrected chi connectivity index (χ3v) is 3.02. The van der Waals surface area contributed by atoms with Crippen molar-refractivity contribution >= 4 is 0 Å². The quantitative estimate of drug-likeness (QED) is 0.580. The first-order valence-electron chi connectivity index (χ1n) is 6.17. The number of hydrogen-bond acceptors (Lipinski definition) is 2. The van der Waals surface area contributed by atoms with Crippen LogP contribution in [-0.4, -0.2) is 19.1 Å². The van der Waals surface area contributed by atoms with Crippen molar-refractivity contribution in [1.82, 2.24) is 5.32 Å². The summed E-state index contributed by atoms with van der Waals surface area (Å²) >= 11 is 0. The van der Waals surface area contributed by atoms with E-state index in [2.05, 4.69) is 48.3 Å². The molecule has 0 radical (unpaired) electrons. The minimum atomic E-state index is 0.316. The fourth-order valence-electron chi connectivity index (χ4n) is 1.90. The van der Waals surface area contributed by atoms with Crippen molar-refractivity contribution < 1.29 is 0 Å². The van der Waals surface area contributed by atoms with Crippen LogP contribution in [0.15, 0.2) is 30.3 Å². The molecule has 0 saturated heterocycles. The standard InChI is InChI=1S/C15H22N2/c1-3-4-8-11-17-15(12-16)13(2)14-9-6-5-7-10-14/h5-7,9-10,13,15,17H,8,11-12,16H2,1-2H3. The van der Waals surface area contributed by atoms with Gasteiger partial charge in [-0.2, -0.15) is 0 Å². The summed E-state index contributed by atoms with van der Waals surface area (Å²) in [6, 6.07) is 10.8. The molecule has 0 aliphatic carbocycles. The van der Waals surface area contributed by atoms with Crippen LogP contribution in [0.3, 0.4) is 0 Å². The van der Waals surface area contributed by atoms with Crippen molar-refractivity contribution in [3.8, 4) is 11.8 Å². The molecular weight excluding hydrogens is 208 g/mol. The first-order valence-corrected chi connectivity index (χ1v) is 6.17. The largest absolute Gasteiger partial charge is 0.329 e. The summed E-state index contributed by atoms with van der Waals surface area (Å²) in [6.45, 7) is 5.63. The van der Waals surface area contributed by atoms with Gasteiger partial charge in [-0.05, 0) is 18.4 Å². The van der Waals surface area contributed by atoms with Crippen molar-refractivity contribution in [2.24, 2.45) is 5.73 Å². The summed E-state index contributed by atoms with van der Waals surface area (Å²) in [5.74, 6) is 6.38. The van der Waals surface area contributed by atoms with Gasteiger partial charge in [0.2, 0.25) is 0 Å². The average Bonchev–Trinajstić information content (AvgIpc) is 2.39. The third-order valence-electron chi connectivity index (χ3n) is 3.02. The molecule has 17 heavy (non-hydrogen) atoms. The van der Waals surface area contributed by atoms with Crippen LogP contribution in [0.25, 0.3) is 0 Å². The fourth-order valence-corrected chi connectivity index (χ4v) is 1.90. The van der Waals surface area contributed by atoms with Crippen LogP contribution >= 0.6 is 0 Å². The van der Waals surface area contributed by atoms with Gasteiger partial charge in [0, 0.05) is 25.6 Å². The van der Waals surface area contributed by atoms with Gasteiger partial charge in [-0.15, -0.1) is 11.8 Å². The molecule has 2 unspecified atom stereocenters. The van der Waals surface area contributed by atoms with Gasteiger partial charge in [-0.3, -0.25) is 0 Å². The summed E-state index contributed by atoms with van der Waals surface area (Å²) in [5, 5.41) is 3.47. The normalized spacial score (nSPS) is 13.6. The summed E-state index contributed by atoms with van der Waals surface area (Å²) in [7, 11) is 0. The minimum absolute atomic E-state index is 0.316. The van der Waals surface area contributed by atoms with Crippen molar-refractivity contribution in [2.75, 3.05) is 13.1 Å². The highest BCUT2D eigenvalue weighted by Crippen LogP contribution is 2.18. The van der Waals surface area contributed by atoms with E-state index in [9.17, 15) is 0 Å². The molecule has 2 heteroatoms. The Morgan fingerprint density at radius 2 is 2.00 bits per heavy atom. The molecule has 92 valence electrons. The molecule has 1 rings (SSSR count). The highest BCUT2D eigenvalue weighted by atomic mass is 14.9. The molecule has 2 nitrogen and oxygen atoms in total. The summed E-state index contributed by atoms with van der Waals surface area (Å²) in [5.41, 5.74) is 7.16. The lowest BCUT2D eigenvalue weighted by Gasteiger charge is -2.24. The molecule has 0 fully saturated rings. The van der Waals surface area contributed by atoms with Crippen molar-refractivity contribution in [1.29, 1.82) is 0 Å².